The molecule has 1 amide bonds. The van der Waals surface area contributed by atoms with Gasteiger partial charge in [-0.05, 0) is 24.3 Å². The molecule has 2 aliphatic heterocycles. The first-order chi connectivity index (χ1) is 17.7. The van der Waals surface area contributed by atoms with E-state index in [1.807, 2.05) is 11.0 Å². The highest BCUT2D eigenvalue weighted by Crippen LogP contribution is 2.32. The maximum absolute atomic E-state index is 15.0. The molecule has 3 aromatic rings. The van der Waals surface area contributed by atoms with Gasteiger partial charge in [0.2, 0.25) is 0 Å². The Hall–Kier alpha value is -4.14. The lowest BCUT2D eigenvalue weighted by Crippen LogP contribution is -2.46. The molecule has 194 valence electrons. The van der Waals surface area contributed by atoms with E-state index in [1.54, 1.807) is 39.1 Å². The Balaban J connectivity index is 1.48. The Labute approximate surface area is 211 Å². The summed E-state index contributed by atoms with van der Waals surface area (Å²) in [5.41, 5.74) is 1.53. The van der Waals surface area contributed by atoms with Crippen molar-refractivity contribution in [3.05, 3.63) is 46.1 Å². The third-order valence-electron chi connectivity index (χ3n) is 7.03. The number of nitrogens with zero attached hydrogens (tertiary/aromatic N) is 5. The van der Waals surface area contributed by atoms with Gasteiger partial charge in [0.15, 0.2) is 11.6 Å². The Morgan fingerprint density at radius 3 is 2.59 bits per heavy atom. The molecule has 2 N–H and O–H groups in total. The van der Waals surface area contributed by atoms with Gasteiger partial charge in [0, 0.05) is 37.7 Å². The van der Waals surface area contributed by atoms with Crippen LogP contribution < -0.4 is 21.2 Å². The number of fused-ring (bicyclic) bond motifs is 1. The van der Waals surface area contributed by atoms with Crippen molar-refractivity contribution >= 4 is 34.4 Å². The van der Waals surface area contributed by atoms with E-state index in [-0.39, 0.29) is 48.1 Å². The highest BCUT2D eigenvalue weighted by atomic mass is 19.1. The Bertz CT molecular complexity index is 1470. The van der Waals surface area contributed by atoms with E-state index in [1.165, 1.54) is 9.13 Å². The topological polar surface area (TPSA) is 117 Å². The third kappa shape index (κ3) is 4.45. The number of amides is 1. The van der Waals surface area contributed by atoms with Crippen LogP contribution in [0.5, 0.6) is 0 Å². The normalized spacial score (nSPS) is 23.6. The fourth-order valence-corrected chi connectivity index (χ4v) is 5.14. The number of aromatic nitrogens is 3. The number of piperidine rings is 1. The summed E-state index contributed by atoms with van der Waals surface area (Å²) < 4.78 is 37.3. The van der Waals surface area contributed by atoms with Crippen molar-refractivity contribution in [1.29, 1.82) is 5.26 Å². The number of hydrogen-bond donors (Lipinski definition) is 2. The number of nitrogens with one attached hydrogen (secondary N) is 2. The highest BCUT2D eigenvalue weighted by molar-refractivity contribution is 5.81. The molecule has 0 radical (unpaired) electrons. The molecule has 0 bridgehead atoms. The lowest BCUT2D eigenvalue weighted by molar-refractivity contribution is 0.148. The van der Waals surface area contributed by atoms with Gasteiger partial charge in [-0.2, -0.15) is 5.26 Å². The van der Waals surface area contributed by atoms with Gasteiger partial charge in [-0.3, -0.25) is 9.13 Å². The fraction of sp³-hybridized carbons (Fsp3) is 0.440. The summed E-state index contributed by atoms with van der Waals surface area (Å²) in [7, 11) is 1.65. The van der Waals surface area contributed by atoms with Crippen molar-refractivity contribution in [2.24, 2.45) is 18.9 Å². The molecule has 1 unspecified atom stereocenters. The summed E-state index contributed by atoms with van der Waals surface area (Å²) in [6.07, 6.45) is -1.49. The monoisotopic (exact) mass is 511 g/mol. The van der Waals surface area contributed by atoms with Crippen molar-refractivity contribution in [3.8, 4) is 6.07 Å². The number of aryl methyl sites for hydroxylation is 1. The molecule has 2 aromatic heterocycles. The Morgan fingerprint density at radius 1 is 1.22 bits per heavy atom. The predicted octanol–water partition coefficient (Wildman–Crippen LogP) is 3.03. The number of pyridine rings is 1. The number of alkyl halides is 1. The minimum absolute atomic E-state index is 0.0768. The van der Waals surface area contributed by atoms with Crippen LogP contribution in [0.4, 0.5) is 30.9 Å². The lowest BCUT2D eigenvalue weighted by atomic mass is 9.89. The zero-order chi connectivity index (χ0) is 26.4. The second-order valence-electron chi connectivity index (χ2n) is 9.83. The first-order valence-electron chi connectivity index (χ1n) is 12.1. The molecular weight excluding hydrogens is 484 g/mol. The van der Waals surface area contributed by atoms with Crippen LogP contribution >= 0.6 is 0 Å². The molecule has 12 heteroatoms. The predicted molar refractivity (Wildman–Crippen MR) is 133 cm³/mol. The van der Waals surface area contributed by atoms with E-state index in [4.69, 9.17) is 4.74 Å². The van der Waals surface area contributed by atoms with E-state index in [0.717, 1.165) is 6.07 Å². The summed E-state index contributed by atoms with van der Waals surface area (Å²) in [4.78, 5) is 30.5. The van der Waals surface area contributed by atoms with E-state index in [0.29, 0.717) is 35.6 Å². The highest BCUT2D eigenvalue weighted by Gasteiger charge is 2.34. The molecule has 4 heterocycles. The summed E-state index contributed by atoms with van der Waals surface area (Å²) in [5.74, 6) is -1.02. The first kappa shape index (κ1) is 24.5. The molecule has 10 nitrogen and oxygen atoms in total. The van der Waals surface area contributed by atoms with Gasteiger partial charge in [-0.25, -0.2) is 23.4 Å². The van der Waals surface area contributed by atoms with Gasteiger partial charge in [0.25, 0.3) is 0 Å². The second kappa shape index (κ2) is 9.38. The van der Waals surface area contributed by atoms with Crippen molar-refractivity contribution < 1.29 is 18.3 Å². The molecule has 0 saturated carbocycles. The van der Waals surface area contributed by atoms with Gasteiger partial charge in [0.05, 0.1) is 29.2 Å². The van der Waals surface area contributed by atoms with Crippen LogP contribution in [0.3, 0.4) is 0 Å². The number of hydrogen-bond acceptors (Lipinski definition) is 7. The number of cyclic esters (lactones) is 1. The Morgan fingerprint density at radius 2 is 1.95 bits per heavy atom. The SMILES string of the molecule is C[C@@H]1CN(c2nc(Nc3ccc4c(c3)n(C[C@@H]3COC(=O)N3)c(=O)n4C)c(F)cc2C#N)C[C@H](C)C1F. The largest absolute Gasteiger partial charge is 0.447 e. The second-order valence-corrected chi connectivity index (χ2v) is 9.83. The van der Waals surface area contributed by atoms with Crippen molar-refractivity contribution in [3.63, 3.8) is 0 Å². The fourth-order valence-electron chi connectivity index (χ4n) is 5.14. The third-order valence-corrected chi connectivity index (χ3v) is 7.03. The number of rotatable bonds is 5. The van der Waals surface area contributed by atoms with Gasteiger partial charge in [0.1, 0.15) is 24.7 Å². The van der Waals surface area contributed by atoms with E-state index >= 15 is 0 Å². The molecule has 0 aliphatic carbocycles. The number of halogens is 2. The number of alkyl carbamates (subject to hydrolysis) is 1. The molecule has 37 heavy (non-hydrogen) atoms. The number of carbonyl (C=O) groups is 1. The molecule has 1 aromatic carbocycles. The minimum atomic E-state index is -0.959. The summed E-state index contributed by atoms with van der Waals surface area (Å²) in [6.45, 7) is 4.70. The number of carbonyl (C=O) groups excluding carboxylic acids is 1. The van der Waals surface area contributed by atoms with Crippen molar-refractivity contribution in [2.75, 3.05) is 29.9 Å². The molecule has 2 fully saturated rings. The van der Waals surface area contributed by atoms with Crippen LogP contribution in [0.25, 0.3) is 11.0 Å². The van der Waals surface area contributed by atoms with E-state index < -0.39 is 18.1 Å². The number of anilines is 3. The Kier molecular flexibility index (Phi) is 6.23. The average Bonchev–Trinajstić information content (AvgIpc) is 3.39. The summed E-state index contributed by atoms with van der Waals surface area (Å²) in [6, 6.07) is 7.90. The van der Waals surface area contributed by atoms with Crippen LogP contribution in [0.2, 0.25) is 0 Å². The first-order valence-corrected chi connectivity index (χ1v) is 12.1. The molecule has 2 saturated heterocycles. The van der Waals surface area contributed by atoms with Crippen molar-refractivity contribution in [1.82, 2.24) is 19.4 Å². The standard InChI is InChI=1S/C25H27F2N7O3/c1-13-9-33(10-14(2)21(13)27)23-15(8-28)6-18(26)22(31-23)29-16-4-5-19-20(7-16)34(25(36)32(19)3)11-17-12-37-24(35)30-17/h4-7,13-14,17,21H,9-12H2,1-3H3,(H,29,31)(H,30,35)/t13-,14+,17-,21?/m1/s1. The van der Waals surface area contributed by atoms with Crippen LogP contribution in [0.15, 0.2) is 29.1 Å². The molecule has 5 rings (SSSR count). The smallest absolute Gasteiger partial charge is 0.407 e. The number of ether oxygens (including phenoxy) is 1. The molecular formula is C25H27F2N7O3. The van der Waals surface area contributed by atoms with Gasteiger partial charge in [-0.1, -0.05) is 13.8 Å². The van der Waals surface area contributed by atoms with Gasteiger partial charge < -0.3 is 20.3 Å². The zero-order valence-corrected chi connectivity index (χ0v) is 20.7. The van der Waals surface area contributed by atoms with Crippen LogP contribution in [-0.4, -0.2) is 52.1 Å². The molecule has 2 aliphatic rings. The number of imidazole rings is 1. The van der Waals surface area contributed by atoms with E-state index in [9.17, 15) is 23.6 Å². The molecule has 4 atom stereocenters. The number of benzene rings is 1. The quantitative estimate of drug-likeness (QED) is 0.541. The average molecular weight is 512 g/mol. The van der Waals surface area contributed by atoms with E-state index in [2.05, 4.69) is 15.6 Å². The van der Waals surface area contributed by atoms with Crippen molar-refractivity contribution in [2.45, 2.75) is 32.6 Å². The van der Waals surface area contributed by atoms with Gasteiger partial charge >= 0.3 is 11.8 Å². The lowest BCUT2D eigenvalue weighted by Gasteiger charge is -2.38. The summed E-state index contributed by atoms with van der Waals surface area (Å²) in [5, 5.41) is 15.2. The van der Waals surface area contributed by atoms with Crippen LogP contribution in [0.1, 0.15) is 19.4 Å². The maximum Gasteiger partial charge on any atom is 0.407 e. The molecule has 0 spiro atoms. The van der Waals surface area contributed by atoms with Crippen LogP contribution in [-0.2, 0) is 18.3 Å². The maximum atomic E-state index is 15.0. The van der Waals surface area contributed by atoms with Crippen LogP contribution in [0, 0.1) is 29.0 Å². The zero-order valence-electron chi connectivity index (χ0n) is 20.7. The van der Waals surface area contributed by atoms with Gasteiger partial charge in [-0.15, -0.1) is 0 Å². The minimum Gasteiger partial charge on any atom is -0.447 e. The summed E-state index contributed by atoms with van der Waals surface area (Å²) >= 11 is 0. The number of nitriles is 1.